The molecule has 0 bridgehead atoms. The fourth-order valence-electron chi connectivity index (χ4n) is 2.20. The second kappa shape index (κ2) is 7.14. The predicted molar refractivity (Wildman–Crippen MR) is 96.9 cm³/mol. The Labute approximate surface area is 147 Å². The smallest absolute Gasteiger partial charge is 0.284 e. The molecular formula is C16H14N6O2S. The van der Waals surface area contributed by atoms with Crippen LogP contribution in [0.2, 0.25) is 0 Å². The van der Waals surface area contributed by atoms with Crippen molar-refractivity contribution in [2.24, 2.45) is 7.05 Å². The van der Waals surface area contributed by atoms with E-state index in [4.69, 9.17) is 5.41 Å². The molecule has 8 nitrogen and oxygen atoms in total. The maximum Gasteiger partial charge on any atom is 0.284 e. The molecule has 2 N–H and O–H groups in total. The van der Waals surface area contributed by atoms with Crippen LogP contribution in [0.25, 0.3) is 11.1 Å². The van der Waals surface area contributed by atoms with Crippen molar-refractivity contribution in [2.75, 3.05) is 4.72 Å². The molecule has 0 spiro atoms. The summed E-state index contributed by atoms with van der Waals surface area (Å²) in [4.78, 5) is 15.4. The van der Waals surface area contributed by atoms with E-state index >= 15 is 0 Å². The molecule has 2 aromatic heterocycles. The number of nitro benzene ring substituents is 1. The molecule has 1 aromatic carbocycles. The zero-order valence-corrected chi connectivity index (χ0v) is 14.0. The van der Waals surface area contributed by atoms with Gasteiger partial charge in [0.1, 0.15) is 10.6 Å². The monoisotopic (exact) mass is 354 g/mol. The summed E-state index contributed by atoms with van der Waals surface area (Å²) in [6.07, 6.45) is 6.38. The summed E-state index contributed by atoms with van der Waals surface area (Å²) >= 11 is 1.11. The van der Waals surface area contributed by atoms with Gasteiger partial charge in [0.25, 0.3) is 5.69 Å². The number of nitrogens with zero attached hydrogens (tertiary/aromatic N) is 4. The molecule has 0 amide bonds. The van der Waals surface area contributed by atoms with Crippen LogP contribution in [0.15, 0.2) is 53.8 Å². The number of nitro groups is 1. The average Bonchev–Trinajstić information content (AvgIpc) is 3.06. The Balaban J connectivity index is 1.89. The minimum Gasteiger partial charge on any atom is -0.323 e. The number of aryl methyl sites for hydroxylation is 1. The number of rotatable bonds is 6. The van der Waals surface area contributed by atoms with Crippen molar-refractivity contribution in [2.45, 2.75) is 4.90 Å². The van der Waals surface area contributed by atoms with Gasteiger partial charge in [-0.05, 0) is 24.1 Å². The third-order valence-electron chi connectivity index (χ3n) is 3.43. The van der Waals surface area contributed by atoms with Crippen molar-refractivity contribution in [3.05, 3.63) is 64.7 Å². The van der Waals surface area contributed by atoms with Crippen LogP contribution in [0.5, 0.6) is 0 Å². The molecule has 25 heavy (non-hydrogen) atoms. The van der Waals surface area contributed by atoms with Crippen LogP contribution < -0.4 is 4.72 Å². The third kappa shape index (κ3) is 3.66. The molecular weight excluding hydrogens is 340 g/mol. The SMILES string of the molecule is Cn1cc(-c2cnc(C=N)c(NSc3ccccc3[N+](=O)[O-])c2)cn1. The molecule has 0 aliphatic heterocycles. The molecule has 0 unspecified atom stereocenters. The molecule has 126 valence electrons. The van der Waals surface area contributed by atoms with E-state index < -0.39 is 4.92 Å². The summed E-state index contributed by atoms with van der Waals surface area (Å²) in [6, 6.07) is 8.31. The van der Waals surface area contributed by atoms with Crippen molar-refractivity contribution in [1.29, 1.82) is 5.41 Å². The van der Waals surface area contributed by atoms with Crippen LogP contribution in [0.4, 0.5) is 11.4 Å². The predicted octanol–water partition coefficient (Wildman–Crippen LogP) is 3.51. The molecule has 0 saturated carbocycles. The van der Waals surface area contributed by atoms with E-state index in [0.717, 1.165) is 29.3 Å². The third-order valence-corrected chi connectivity index (χ3v) is 4.31. The summed E-state index contributed by atoms with van der Waals surface area (Å²) in [5.74, 6) is 0. The lowest BCUT2D eigenvalue weighted by Crippen LogP contribution is -1.98. The van der Waals surface area contributed by atoms with Crippen molar-refractivity contribution < 1.29 is 4.92 Å². The first-order valence-electron chi connectivity index (χ1n) is 7.24. The van der Waals surface area contributed by atoms with Crippen molar-refractivity contribution in [3.8, 4) is 11.1 Å². The Kier molecular flexibility index (Phi) is 4.75. The molecule has 0 aliphatic rings. The summed E-state index contributed by atoms with van der Waals surface area (Å²) in [7, 11) is 1.83. The summed E-state index contributed by atoms with van der Waals surface area (Å²) in [6.45, 7) is 0. The highest BCUT2D eigenvalue weighted by atomic mass is 32.2. The lowest BCUT2D eigenvalue weighted by atomic mass is 10.1. The van der Waals surface area contributed by atoms with Gasteiger partial charge >= 0.3 is 0 Å². The van der Waals surface area contributed by atoms with Crippen molar-refractivity contribution >= 4 is 29.5 Å². The summed E-state index contributed by atoms with van der Waals surface area (Å²) < 4.78 is 4.75. The van der Waals surface area contributed by atoms with E-state index in [1.54, 1.807) is 35.3 Å². The van der Waals surface area contributed by atoms with Gasteiger partial charge in [-0.25, -0.2) is 0 Å². The quantitative estimate of drug-likeness (QED) is 0.303. The summed E-state index contributed by atoms with van der Waals surface area (Å²) in [5, 5.41) is 22.7. The molecule has 3 aromatic rings. The normalized spacial score (nSPS) is 10.4. The first-order chi connectivity index (χ1) is 12.1. The number of pyridine rings is 1. The topological polar surface area (TPSA) is 110 Å². The first-order valence-corrected chi connectivity index (χ1v) is 8.06. The van der Waals surface area contributed by atoms with Crippen molar-refractivity contribution in [1.82, 2.24) is 14.8 Å². The second-order valence-corrected chi connectivity index (χ2v) is 5.98. The number of aromatic nitrogens is 3. The molecule has 0 atom stereocenters. The van der Waals surface area contributed by atoms with Gasteiger partial charge in [0.2, 0.25) is 0 Å². The van der Waals surface area contributed by atoms with Crippen molar-refractivity contribution in [3.63, 3.8) is 0 Å². The lowest BCUT2D eigenvalue weighted by Gasteiger charge is -2.09. The van der Waals surface area contributed by atoms with Crippen LogP contribution in [-0.4, -0.2) is 25.9 Å². The van der Waals surface area contributed by atoms with E-state index in [9.17, 15) is 10.1 Å². The highest BCUT2D eigenvalue weighted by molar-refractivity contribution is 8.00. The Morgan fingerprint density at radius 2 is 2.12 bits per heavy atom. The fourth-order valence-corrected chi connectivity index (χ4v) is 2.98. The maximum absolute atomic E-state index is 11.1. The fraction of sp³-hybridized carbons (Fsp3) is 0.0625. The van der Waals surface area contributed by atoms with Gasteiger partial charge < -0.3 is 10.1 Å². The molecule has 0 aliphatic carbocycles. The molecule has 3 rings (SSSR count). The minimum atomic E-state index is -0.425. The summed E-state index contributed by atoms with van der Waals surface area (Å²) in [5.41, 5.74) is 2.79. The minimum absolute atomic E-state index is 0.0211. The van der Waals surface area contributed by atoms with Gasteiger partial charge in [-0.2, -0.15) is 5.10 Å². The number of para-hydroxylation sites is 1. The van der Waals surface area contributed by atoms with Gasteiger partial charge in [0.05, 0.1) is 16.8 Å². The standard InChI is InChI=1S/C16H14N6O2S/c1-21-10-12(9-19-21)11-6-13(14(7-17)18-8-11)20-25-16-5-3-2-4-15(16)22(23)24/h2-10,17,20H,1H3. The molecule has 0 saturated heterocycles. The zero-order valence-electron chi connectivity index (χ0n) is 13.2. The average molecular weight is 354 g/mol. The Morgan fingerprint density at radius 1 is 1.32 bits per heavy atom. The number of hydrogen-bond acceptors (Lipinski definition) is 7. The zero-order chi connectivity index (χ0) is 17.8. The van der Waals surface area contributed by atoms with Crippen LogP contribution in [0.1, 0.15) is 5.69 Å². The number of nitrogens with one attached hydrogen (secondary N) is 2. The van der Waals surface area contributed by atoms with E-state index in [-0.39, 0.29) is 5.69 Å². The van der Waals surface area contributed by atoms with E-state index in [2.05, 4.69) is 14.8 Å². The highest BCUT2D eigenvalue weighted by Crippen LogP contribution is 2.31. The van der Waals surface area contributed by atoms with E-state index in [0.29, 0.717) is 16.3 Å². The van der Waals surface area contributed by atoms with Gasteiger partial charge in [0.15, 0.2) is 0 Å². The Hall–Kier alpha value is -3.20. The van der Waals surface area contributed by atoms with Crippen LogP contribution >= 0.6 is 11.9 Å². The second-order valence-electron chi connectivity index (χ2n) is 5.13. The van der Waals surface area contributed by atoms with Gasteiger partial charge in [-0.3, -0.25) is 19.8 Å². The molecule has 0 fully saturated rings. The highest BCUT2D eigenvalue weighted by Gasteiger charge is 2.14. The number of benzene rings is 1. The first kappa shape index (κ1) is 16.7. The number of anilines is 1. The molecule has 2 heterocycles. The van der Waals surface area contributed by atoms with E-state index in [1.807, 2.05) is 19.3 Å². The van der Waals surface area contributed by atoms with Crippen LogP contribution in [0.3, 0.4) is 0 Å². The lowest BCUT2D eigenvalue weighted by molar-refractivity contribution is -0.387. The Morgan fingerprint density at radius 3 is 2.80 bits per heavy atom. The van der Waals surface area contributed by atoms with Gasteiger partial charge in [-0.15, -0.1) is 0 Å². The largest absolute Gasteiger partial charge is 0.323 e. The van der Waals surface area contributed by atoms with Crippen LogP contribution in [0, 0.1) is 15.5 Å². The Bertz CT molecular complexity index is 940. The van der Waals surface area contributed by atoms with E-state index in [1.165, 1.54) is 6.07 Å². The van der Waals surface area contributed by atoms with Gasteiger partial charge in [0, 0.05) is 42.8 Å². The van der Waals surface area contributed by atoms with Crippen LogP contribution in [-0.2, 0) is 7.05 Å². The molecule has 9 heteroatoms. The number of hydrogen-bond donors (Lipinski definition) is 2. The maximum atomic E-state index is 11.1. The molecule has 0 radical (unpaired) electrons. The van der Waals surface area contributed by atoms with Gasteiger partial charge in [-0.1, -0.05) is 12.1 Å².